The Morgan fingerprint density at radius 1 is 1.24 bits per heavy atom. The van der Waals surface area contributed by atoms with Gasteiger partial charge in [-0.05, 0) is 44.6 Å². The van der Waals surface area contributed by atoms with Crippen LogP contribution < -0.4 is 0 Å². The zero-order valence-electron chi connectivity index (χ0n) is 10.9. The molecular formula is C14H22ClNO. The highest BCUT2D eigenvalue weighted by Crippen LogP contribution is 2.22. The number of hydrogen-bond acceptors (Lipinski definition) is 2. The van der Waals surface area contributed by atoms with Gasteiger partial charge in [0.2, 0.25) is 0 Å². The van der Waals surface area contributed by atoms with Crippen molar-refractivity contribution in [2.24, 2.45) is 0 Å². The summed E-state index contributed by atoms with van der Waals surface area (Å²) in [6, 6.07) is 7.72. The second kappa shape index (κ2) is 6.39. The molecule has 0 aromatic heterocycles. The van der Waals surface area contributed by atoms with E-state index >= 15 is 0 Å². The minimum Gasteiger partial charge on any atom is -0.390 e. The van der Waals surface area contributed by atoms with Crippen LogP contribution in [-0.4, -0.2) is 36.2 Å². The maximum atomic E-state index is 10.5. The van der Waals surface area contributed by atoms with E-state index in [0.29, 0.717) is 6.42 Å². The molecule has 0 bridgehead atoms. The molecule has 0 saturated heterocycles. The van der Waals surface area contributed by atoms with Gasteiger partial charge < -0.3 is 10.0 Å². The van der Waals surface area contributed by atoms with Crippen molar-refractivity contribution >= 4 is 11.6 Å². The summed E-state index contributed by atoms with van der Waals surface area (Å²) in [4.78, 5) is 2.10. The number of hydrogen-bond donors (Lipinski definition) is 1. The maximum absolute atomic E-state index is 10.5. The van der Waals surface area contributed by atoms with Crippen molar-refractivity contribution in [1.82, 2.24) is 4.90 Å². The van der Waals surface area contributed by atoms with Gasteiger partial charge >= 0.3 is 0 Å². The molecule has 0 spiro atoms. The van der Waals surface area contributed by atoms with Crippen molar-refractivity contribution in [2.45, 2.75) is 31.8 Å². The average molecular weight is 256 g/mol. The van der Waals surface area contributed by atoms with Crippen LogP contribution in [0.2, 0.25) is 5.02 Å². The van der Waals surface area contributed by atoms with E-state index < -0.39 is 5.60 Å². The molecule has 1 rings (SSSR count). The van der Waals surface area contributed by atoms with E-state index in [9.17, 15) is 5.11 Å². The lowest BCUT2D eigenvalue weighted by molar-refractivity contribution is 0.0216. The van der Waals surface area contributed by atoms with E-state index in [1.54, 1.807) is 0 Å². The topological polar surface area (TPSA) is 23.5 Å². The van der Waals surface area contributed by atoms with E-state index in [-0.39, 0.29) is 0 Å². The summed E-state index contributed by atoms with van der Waals surface area (Å²) in [6.45, 7) is 2.93. The van der Waals surface area contributed by atoms with Crippen LogP contribution in [0.25, 0.3) is 0 Å². The van der Waals surface area contributed by atoms with E-state index in [1.807, 2.05) is 45.3 Å². The van der Waals surface area contributed by atoms with Gasteiger partial charge in [0.05, 0.1) is 5.60 Å². The molecule has 3 heteroatoms. The zero-order valence-corrected chi connectivity index (χ0v) is 11.7. The van der Waals surface area contributed by atoms with Crippen LogP contribution in [0.4, 0.5) is 0 Å². The van der Waals surface area contributed by atoms with Crippen LogP contribution in [0.3, 0.4) is 0 Å². The first-order valence-corrected chi connectivity index (χ1v) is 6.44. The quantitative estimate of drug-likeness (QED) is 0.845. The maximum Gasteiger partial charge on any atom is 0.0697 e. The van der Waals surface area contributed by atoms with Crippen molar-refractivity contribution in [2.75, 3.05) is 20.6 Å². The van der Waals surface area contributed by atoms with Gasteiger partial charge in [-0.1, -0.05) is 30.7 Å². The highest BCUT2D eigenvalue weighted by atomic mass is 35.5. The number of benzene rings is 1. The fourth-order valence-corrected chi connectivity index (χ4v) is 1.93. The molecule has 2 nitrogen and oxygen atoms in total. The Morgan fingerprint density at radius 3 is 2.29 bits per heavy atom. The van der Waals surface area contributed by atoms with Crippen LogP contribution in [0.15, 0.2) is 24.3 Å². The van der Waals surface area contributed by atoms with Crippen molar-refractivity contribution in [3.05, 3.63) is 34.9 Å². The SMILES string of the molecule is CCC(O)(CCN(C)C)Cc1ccc(Cl)cc1. The molecule has 1 aromatic carbocycles. The summed E-state index contributed by atoms with van der Waals surface area (Å²) < 4.78 is 0. The molecule has 0 heterocycles. The summed E-state index contributed by atoms with van der Waals surface area (Å²) in [5, 5.41) is 11.3. The van der Waals surface area contributed by atoms with Crippen LogP contribution in [0.5, 0.6) is 0 Å². The Balaban J connectivity index is 2.64. The minimum atomic E-state index is -0.613. The molecule has 0 amide bonds. The molecule has 1 N–H and O–H groups in total. The normalized spacial score (nSPS) is 14.9. The fraction of sp³-hybridized carbons (Fsp3) is 0.571. The van der Waals surface area contributed by atoms with Gasteiger partial charge in [0.1, 0.15) is 0 Å². The molecule has 0 saturated carbocycles. The molecule has 1 aromatic rings. The van der Waals surface area contributed by atoms with Crippen molar-refractivity contribution in [3.8, 4) is 0 Å². The summed E-state index contributed by atoms with van der Waals surface area (Å²) in [5.41, 5.74) is 0.524. The summed E-state index contributed by atoms with van der Waals surface area (Å²) in [6.07, 6.45) is 2.25. The highest BCUT2D eigenvalue weighted by molar-refractivity contribution is 6.30. The van der Waals surface area contributed by atoms with Crippen molar-refractivity contribution in [3.63, 3.8) is 0 Å². The van der Waals surface area contributed by atoms with Crippen molar-refractivity contribution < 1.29 is 5.11 Å². The molecule has 96 valence electrons. The third-order valence-corrected chi connectivity index (χ3v) is 3.38. The smallest absolute Gasteiger partial charge is 0.0697 e. The van der Waals surface area contributed by atoms with Gasteiger partial charge in [0.15, 0.2) is 0 Å². The lowest BCUT2D eigenvalue weighted by Gasteiger charge is -2.28. The molecule has 0 radical (unpaired) electrons. The number of aliphatic hydroxyl groups is 1. The van der Waals surface area contributed by atoms with Gasteiger partial charge in [-0.25, -0.2) is 0 Å². The number of nitrogens with zero attached hydrogens (tertiary/aromatic N) is 1. The molecule has 0 aliphatic heterocycles. The first-order chi connectivity index (χ1) is 7.95. The Labute approximate surface area is 109 Å². The minimum absolute atomic E-state index is 0.613. The summed E-state index contributed by atoms with van der Waals surface area (Å²) in [7, 11) is 4.05. The predicted molar refractivity (Wildman–Crippen MR) is 73.6 cm³/mol. The molecule has 0 fully saturated rings. The molecule has 0 aliphatic rings. The lowest BCUT2D eigenvalue weighted by atomic mass is 9.88. The third kappa shape index (κ3) is 5.07. The van der Waals surface area contributed by atoms with Gasteiger partial charge in [-0.3, -0.25) is 0 Å². The van der Waals surface area contributed by atoms with Gasteiger partial charge in [-0.15, -0.1) is 0 Å². The second-order valence-electron chi connectivity index (χ2n) is 4.93. The lowest BCUT2D eigenvalue weighted by Crippen LogP contribution is -2.34. The largest absolute Gasteiger partial charge is 0.390 e. The van der Waals surface area contributed by atoms with Gasteiger partial charge in [0.25, 0.3) is 0 Å². The van der Waals surface area contributed by atoms with Crippen LogP contribution >= 0.6 is 11.6 Å². The number of rotatable bonds is 6. The highest BCUT2D eigenvalue weighted by Gasteiger charge is 2.24. The summed E-state index contributed by atoms with van der Waals surface area (Å²) >= 11 is 5.85. The molecule has 0 aliphatic carbocycles. The first-order valence-electron chi connectivity index (χ1n) is 6.07. The van der Waals surface area contributed by atoms with Crippen LogP contribution in [0.1, 0.15) is 25.3 Å². The van der Waals surface area contributed by atoms with Crippen molar-refractivity contribution in [1.29, 1.82) is 0 Å². The predicted octanol–water partition coefficient (Wildman–Crippen LogP) is 2.98. The molecule has 1 atom stereocenters. The van der Waals surface area contributed by atoms with E-state index in [4.69, 9.17) is 11.6 Å². The fourth-order valence-electron chi connectivity index (χ4n) is 1.80. The zero-order chi connectivity index (χ0) is 12.9. The van der Waals surface area contributed by atoms with E-state index in [0.717, 1.165) is 30.0 Å². The van der Waals surface area contributed by atoms with E-state index in [1.165, 1.54) is 0 Å². The van der Waals surface area contributed by atoms with Gasteiger partial charge in [-0.2, -0.15) is 0 Å². The molecule has 1 unspecified atom stereocenters. The Hall–Kier alpha value is -0.570. The monoisotopic (exact) mass is 255 g/mol. The second-order valence-corrected chi connectivity index (χ2v) is 5.37. The Morgan fingerprint density at radius 2 is 1.82 bits per heavy atom. The molecular weight excluding hydrogens is 234 g/mol. The van der Waals surface area contributed by atoms with Crippen LogP contribution in [0, 0.1) is 0 Å². The third-order valence-electron chi connectivity index (χ3n) is 3.13. The standard InChI is InChI=1S/C14H22ClNO/c1-4-14(17,9-10-16(2)3)11-12-5-7-13(15)8-6-12/h5-8,17H,4,9-11H2,1-3H3. The first kappa shape index (κ1) is 14.5. The molecule has 17 heavy (non-hydrogen) atoms. The van der Waals surface area contributed by atoms with Crippen LogP contribution in [-0.2, 0) is 6.42 Å². The van der Waals surface area contributed by atoms with Gasteiger partial charge in [0, 0.05) is 18.0 Å². The van der Waals surface area contributed by atoms with E-state index in [2.05, 4.69) is 4.90 Å². The number of halogens is 1. The average Bonchev–Trinajstić information content (AvgIpc) is 2.30. The Bertz CT molecular complexity index is 337. The summed E-state index contributed by atoms with van der Waals surface area (Å²) in [5.74, 6) is 0. The Kier molecular flexibility index (Phi) is 5.44.